The number of para-hydroxylation sites is 2. The van der Waals surface area contributed by atoms with E-state index in [9.17, 15) is 9.18 Å². The molecule has 0 saturated heterocycles. The van der Waals surface area contributed by atoms with Gasteiger partial charge >= 0.3 is 0 Å². The minimum atomic E-state index is -0.289. The van der Waals surface area contributed by atoms with Gasteiger partial charge in [0.25, 0.3) is 11.3 Å². The molecule has 148 valence electrons. The van der Waals surface area contributed by atoms with Crippen LogP contribution in [0.25, 0.3) is 5.78 Å². The van der Waals surface area contributed by atoms with Crippen molar-refractivity contribution in [1.29, 1.82) is 0 Å². The second-order valence-electron chi connectivity index (χ2n) is 6.33. The first-order chi connectivity index (χ1) is 14.1. The zero-order chi connectivity index (χ0) is 20.2. The molecule has 0 saturated carbocycles. The van der Waals surface area contributed by atoms with Gasteiger partial charge in [-0.25, -0.2) is 9.37 Å². The van der Waals surface area contributed by atoms with Gasteiger partial charge in [0.15, 0.2) is 0 Å². The largest absolute Gasteiger partial charge is 0.495 e. The molecule has 4 aromatic rings. The van der Waals surface area contributed by atoms with E-state index in [4.69, 9.17) is 4.74 Å². The van der Waals surface area contributed by atoms with Crippen molar-refractivity contribution in [3.63, 3.8) is 0 Å². The number of methoxy groups -OCH3 is 1. The summed E-state index contributed by atoms with van der Waals surface area (Å²) in [4.78, 5) is 21.1. The van der Waals surface area contributed by atoms with Crippen LogP contribution in [-0.2, 0) is 13.1 Å². The highest BCUT2D eigenvalue weighted by molar-refractivity contribution is 5.56. The van der Waals surface area contributed by atoms with Crippen LogP contribution in [0.15, 0.2) is 59.4 Å². The number of aromatic nitrogens is 4. The zero-order valence-electron chi connectivity index (χ0n) is 15.6. The summed E-state index contributed by atoms with van der Waals surface area (Å²) in [6, 6.07) is 15.1. The number of hydrogen-bond donors (Lipinski definition) is 3. The molecule has 0 unspecified atom stereocenters. The van der Waals surface area contributed by atoms with Crippen LogP contribution >= 0.6 is 0 Å². The standard InChI is InChI=1S/C20H19FN6O2/c1-29-17-5-3-2-4-16(17)22-12-15-10-18(28)27-20(24-15)25-19(26-27)23-11-13-6-8-14(21)9-7-13/h2-10,22H,11-12H2,1H3,(H2,23,24,25,26). The molecule has 2 aromatic carbocycles. The fourth-order valence-corrected chi connectivity index (χ4v) is 2.86. The van der Waals surface area contributed by atoms with Crippen molar-refractivity contribution in [3.05, 3.63) is 82.0 Å². The van der Waals surface area contributed by atoms with Gasteiger partial charge in [-0.1, -0.05) is 24.3 Å². The van der Waals surface area contributed by atoms with E-state index in [2.05, 4.69) is 25.7 Å². The Labute approximate surface area is 165 Å². The Kier molecular flexibility index (Phi) is 5.10. The second kappa shape index (κ2) is 8.01. The van der Waals surface area contributed by atoms with Gasteiger partial charge in [0.1, 0.15) is 11.6 Å². The van der Waals surface area contributed by atoms with E-state index in [-0.39, 0.29) is 17.2 Å². The first-order valence-corrected chi connectivity index (χ1v) is 8.96. The summed E-state index contributed by atoms with van der Waals surface area (Å²) in [5.41, 5.74) is 1.97. The molecule has 0 fully saturated rings. The van der Waals surface area contributed by atoms with Gasteiger partial charge in [-0.15, -0.1) is 0 Å². The van der Waals surface area contributed by atoms with Crippen LogP contribution in [-0.4, -0.2) is 26.7 Å². The van der Waals surface area contributed by atoms with Crippen molar-refractivity contribution in [1.82, 2.24) is 19.6 Å². The molecule has 0 bridgehead atoms. The van der Waals surface area contributed by atoms with Crippen LogP contribution in [0.3, 0.4) is 0 Å². The highest BCUT2D eigenvalue weighted by Gasteiger charge is 2.09. The first-order valence-electron chi connectivity index (χ1n) is 8.96. The average Bonchev–Trinajstić information content (AvgIpc) is 3.16. The summed E-state index contributed by atoms with van der Waals surface area (Å²) in [5, 5.41) is 9.15. The number of nitrogens with one attached hydrogen (secondary N) is 3. The minimum Gasteiger partial charge on any atom is -0.495 e. The Balaban J connectivity index is 1.49. The zero-order valence-corrected chi connectivity index (χ0v) is 15.6. The molecule has 0 radical (unpaired) electrons. The molecule has 2 heterocycles. The topological polar surface area (TPSA) is 96.3 Å². The smallest absolute Gasteiger partial charge is 0.274 e. The molecule has 0 aliphatic carbocycles. The highest BCUT2D eigenvalue weighted by atomic mass is 19.1. The van der Waals surface area contributed by atoms with E-state index < -0.39 is 0 Å². The third-order valence-electron chi connectivity index (χ3n) is 4.32. The molecule has 9 heteroatoms. The maximum absolute atomic E-state index is 13.0. The number of hydrogen-bond acceptors (Lipinski definition) is 6. The molecule has 0 atom stereocenters. The van der Waals surface area contributed by atoms with Crippen LogP contribution in [0, 0.1) is 5.82 Å². The summed E-state index contributed by atoms with van der Waals surface area (Å²) in [5.74, 6) is 1.07. The van der Waals surface area contributed by atoms with Crippen molar-refractivity contribution < 1.29 is 9.13 Å². The van der Waals surface area contributed by atoms with Gasteiger partial charge in [0.05, 0.1) is 25.0 Å². The molecule has 4 rings (SSSR count). The van der Waals surface area contributed by atoms with E-state index in [0.29, 0.717) is 30.5 Å². The summed E-state index contributed by atoms with van der Waals surface area (Å²) in [6.07, 6.45) is 0. The minimum absolute atomic E-state index is 0.260. The number of H-pyrrole nitrogens is 1. The molecule has 0 spiro atoms. The molecule has 0 aliphatic heterocycles. The van der Waals surface area contributed by atoms with Gasteiger partial charge in [0, 0.05) is 12.6 Å². The second-order valence-corrected chi connectivity index (χ2v) is 6.33. The van der Waals surface area contributed by atoms with Gasteiger partial charge in [-0.05, 0) is 29.8 Å². The number of halogens is 1. The average molecular weight is 394 g/mol. The third kappa shape index (κ3) is 4.18. The lowest BCUT2D eigenvalue weighted by molar-refractivity contribution is 0.416. The van der Waals surface area contributed by atoms with E-state index in [1.54, 1.807) is 19.2 Å². The predicted octanol–water partition coefficient (Wildman–Crippen LogP) is 2.79. The van der Waals surface area contributed by atoms with Gasteiger partial charge in [-0.3, -0.25) is 9.89 Å². The quantitative estimate of drug-likeness (QED) is 0.446. The van der Waals surface area contributed by atoms with Crippen LogP contribution in [0.5, 0.6) is 5.75 Å². The van der Waals surface area contributed by atoms with Gasteiger partial charge < -0.3 is 15.4 Å². The molecule has 0 aliphatic rings. The lowest BCUT2D eigenvalue weighted by Crippen LogP contribution is -2.17. The van der Waals surface area contributed by atoms with Gasteiger partial charge in [0.2, 0.25) is 5.95 Å². The van der Waals surface area contributed by atoms with Crippen molar-refractivity contribution in [3.8, 4) is 5.75 Å². The molecular formula is C20H19FN6O2. The Morgan fingerprint density at radius 3 is 2.66 bits per heavy atom. The number of nitrogens with zero attached hydrogens (tertiary/aromatic N) is 3. The molecule has 0 amide bonds. The summed E-state index contributed by atoms with van der Waals surface area (Å²) in [7, 11) is 1.60. The van der Waals surface area contributed by atoms with E-state index in [0.717, 1.165) is 11.3 Å². The number of benzene rings is 2. The summed E-state index contributed by atoms with van der Waals surface area (Å²) in [6.45, 7) is 0.772. The highest BCUT2D eigenvalue weighted by Crippen LogP contribution is 2.23. The van der Waals surface area contributed by atoms with Crippen LogP contribution in [0.2, 0.25) is 0 Å². The third-order valence-corrected chi connectivity index (χ3v) is 4.32. The Morgan fingerprint density at radius 2 is 1.86 bits per heavy atom. The summed E-state index contributed by atoms with van der Waals surface area (Å²) >= 11 is 0. The number of fused-ring (bicyclic) bond motifs is 1. The normalized spacial score (nSPS) is 10.8. The monoisotopic (exact) mass is 394 g/mol. The molecule has 29 heavy (non-hydrogen) atoms. The van der Waals surface area contributed by atoms with Crippen molar-refractivity contribution in [2.24, 2.45) is 0 Å². The van der Waals surface area contributed by atoms with E-state index >= 15 is 0 Å². The Bertz CT molecular complexity index is 1190. The lowest BCUT2D eigenvalue weighted by Gasteiger charge is -2.10. The van der Waals surface area contributed by atoms with Crippen molar-refractivity contribution >= 4 is 17.4 Å². The van der Waals surface area contributed by atoms with Crippen molar-refractivity contribution in [2.45, 2.75) is 13.1 Å². The van der Waals surface area contributed by atoms with Crippen molar-refractivity contribution in [2.75, 3.05) is 17.7 Å². The first kappa shape index (κ1) is 18.5. The Morgan fingerprint density at radius 1 is 1.07 bits per heavy atom. The number of rotatable bonds is 7. The SMILES string of the molecule is COc1ccccc1NCc1cc(=O)n2[nH]c(NCc3ccc(F)cc3)nc2n1. The van der Waals surface area contributed by atoms with Crippen LogP contribution in [0.1, 0.15) is 11.3 Å². The fraction of sp³-hybridized carbons (Fsp3) is 0.150. The van der Waals surface area contributed by atoms with Gasteiger partial charge in [-0.2, -0.15) is 9.50 Å². The Hall–Kier alpha value is -3.88. The van der Waals surface area contributed by atoms with Crippen LogP contribution in [0.4, 0.5) is 16.0 Å². The maximum atomic E-state index is 13.0. The van der Waals surface area contributed by atoms with Crippen LogP contribution < -0.4 is 20.9 Å². The lowest BCUT2D eigenvalue weighted by atomic mass is 10.2. The molecular weight excluding hydrogens is 375 g/mol. The number of aromatic amines is 1. The van der Waals surface area contributed by atoms with E-state index in [1.807, 2.05) is 24.3 Å². The fourth-order valence-electron chi connectivity index (χ4n) is 2.86. The summed E-state index contributed by atoms with van der Waals surface area (Å²) < 4.78 is 19.6. The molecule has 2 aromatic heterocycles. The number of ether oxygens (including phenoxy) is 1. The number of anilines is 2. The molecule has 8 nitrogen and oxygen atoms in total. The molecule has 3 N–H and O–H groups in total. The maximum Gasteiger partial charge on any atom is 0.274 e. The predicted molar refractivity (Wildman–Crippen MR) is 108 cm³/mol. The van der Waals surface area contributed by atoms with E-state index in [1.165, 1.54) is 22.7 Å².